The third-order valence-electron chi connectivity index (χ3n) is 4.88. The quantitative estimate of drug-likeness (QED) is 0.804. The molecule has 1 aliphatic rings. The maximum absolute atomic E-state index is 12.8. The molecule has 0 spiro atoms. The largest absolute Gasteiger partial charge is 0.315 e. The summed E-state index contributed by atoms with van der Waals surface area (Å²) < 4.78 is 27.0. The van der Waals surface area contributed by atoms with Crippen molar-refractivity contribution in [2.24, 2.45) is 0 Å². The van der Waals surface area contributed by atoms with Gasteiger partial charge in [-0.25, -0.2) is 8.42 Å². The average Bonchev–Trinajstić information content (AvgIpc) is 3.15. The van der Waals surface area contributed by atoms with Gasteiger partial charge in [0.05, 0.1) is 16.5 Å². The highest BCUT2D eigenvalue weighted by atomic mass is 32.2. The zero-order valence-corrected chi connectivity index (χ0v) is 17.4. The van der Waals surface area contributed by atoms with E-state index < -0.39 is 16.1 Å². The number of rotatable bonds is 5. The third kappa shape index (κ3) is 4.25. The second-order valence-electron chi connectivity index (χ2n) is 6.69. The van der Waals surface area contributed by atoms with E-state index in [9.17, 15) is 13.2 Å². The molecule has 28 heavy (non-hydrogen) atoms. The van der Waals surface area contributed by atoms with E-state index in [0.29, 0.717) is 41.6 Å². The fourth-order valence-corrected chi connectivity index (χ4v) is 5.23. The molecule has 1 saturated heterocycles. The molecular formula is C19H22N4O3S2. The fourth-order valence-electron chi connectivity index (χ4n) is 3.07. The molecule has 7 nitrogen and oxygen atoms in total. The Morgan fingerprint density at radius 2 is 1.82 bits per heavy atom. The first-order chi connectivity index (χ1) is 13.3. The Labute approximate surface area is 169 Å². The first kappa shape index (κ1) is 20.5. The maximum Gasteiger partial charge on any atom is 0.243 e. The average molecular weight is 419 g/mol. The second-order valence-corrected chi connectivity index (χ2v) is 9.55. The van der Waals surface area contributed by atoms with Gasteiger partial charge in [0, 0.05) is 26.2 Å². The van der Waals surface area contributed by atoms with Gasteiger partial charge in [-0.1, -0.05) is 17.7 Å². The van der Waals surface area contributed by atoms with Crippen LogP contribution in [0.4, 0.5) is 5.00 Å². The van der Waals surface area contributed by atoms with Crippen molar-refractivity contribution in [1.82, 2.24) is 9.21 Å². The molecule has 2 heterocycles. The van der Waals surface area contributed by atoms with Gasteiger partial charge in [-0.05, 0) is 37.4 Å². The van der Waals surface area contributed by atoms with Gasteiger partial charge in [0.15, 0.2) is 0 Å². The zero-order chi connectivity index (χ0) is 20.3. The van der Waals surface area contributed by atoms with E-state index in [2.05, 4.69) is 5.32 Å². The van der Waals surface area contributed by atoms with Crippen molar-refractivity contribution in [3.63, 3.8) is 0 Å². The molecule has 0 bridgehead atoms. The molecule has 9 heteroatoms. The van der Waals surface area contributed by atoms with E-state index in [4.69, 9.17) is 5.26 Å². The number of carbonyl (C=O) groups is 1. The fraction of sp³-hybridized carbons (Fsp3) is 0.368. The molecule has 1 aromatic carbocycles. The van der Waals surface area contributed by atoms with Crippen molar-refractivity contribution >= 4 is 32.3 Å². The predicted octanol–water partition coefficient (Wildman–Crippen LogP) is 2.26. The maximum atomic E-state index is 12.8. The Morgan fingerprint density at radius 3 is 2.43 bits per heavy atom. The third-order valence-corrected chi connectivity index (χ3v) is 7.62. The van der Waals surface area contributed by atoms with Gasteiger partial charge in [-0.2, -0.15) is 9.57 Å². The van der Waals surface area contributed by atoms with Crippen LogP contribution in [0.1, 0.15) is 18.1 Å². The van der Waals surface area contributed by atoms with Crippen LogP contribution in [-0.2, 0) is 14.8 Å². The predicted molar refractivity (Wildman–Crippen MR) is 109 cm³/mol. The first-order valence-corrected chi connectivity index (χ1v) is 11.2. The van der Waals surface area contributed by atoms with E-state index in [1.54, 1.807) is 42.6 Å². The van der Waals surface area contributed by atoms with Crippen LogP contribution in [0, 0.1) is 18.3 Å². The highest BCUT2D eigenvalue weighted by Gasteiger charge is 2.32. The number of nitrogens with zero attached hydrogens (tertiary/aromatic N) is 3. The minimum Gasteiger partial charge on any atom is -0.315 e. The molecular weight excluding hydrogens is 396 g/mol. The van der Waals surface area contributed by atoms with Crippen LogP contribution in [0.2, 0.25) is 0 Å². The van der Waals surface area contributed by atoms with E-state index in [0.717, 1.165) is 5.56 Å². The minimum atomic E-state index is -3.53. The molecule has 1 aromatic heterocycles. The molecule has 1 amide bonds. The first-order valence-electron chi connectivity index (χ1n) is 8.92. The summed E-state index contributed by atoms with van der Waals surface area (Å²) in [5.41, 5.74) is 1.45. The molecule has 0 unspecified atom stereocenters. The van der Waals surface area contributed by atoms with Crippen molar-refractivity contribution in [3.05, 3.63) is 46.8 Å². The Hall–Kier alpha value is -2.25. The molecule has 148 valence electrons. The highest BCUT2D eigenvalue weighted by molar-refractivity contribution is 7.89. The lowest BCUT2D eigenvalue weighted by Gasteiger charge is -2.36. The van der Waals surface area contributed by atoms with Crippen molar-refractivity contribution in [1.29, 1.82) is 5.26 Å². The number of nitriles is 1. The molecule has 1 fully saturated rings. The van der Waals surface area contributed by atoms with Crippen molar-refractivity contribution in [2.75, 3.05) is 31.5 Å². The lowest BCUT2D eigenvalue weighted by Crippen LogP contribution is -2.53. The van der Waals surface area contributed by atoms with Gasteiger partial charge in [0.25, 0.3) is 0 Å². The number of amides is 1. The highest BCUT2D eigenvalue weighted by Crippen LogP contribution is 2.23. The Kier molecular flexibility index (Phi) is 6.15. The van der Waals surface area contributed by atoms with Crippen LogP contribution in [-0.4, -0.2) is 55.8 Å². The Morgan fingerprint density at radius 1 is 1.18 bits per heavy atom. The standard InChI is InChI=1S/C19H22N4O3S2/c1-14-3-5-17(6-4-14)28(25,26)23-10-8-22(9-11-23)15(2)18(24)21-19-16(13-20)7-12-27-19/h3-7,12,15H,8-11H2,1-2H3,(H,21,24)/t15-/m0/s1. The number of hydrogen-bond donors (Lipinski definition) is 1. The summed E-state index contributed by atoms with van der Waals surface area (Å²) >= 11 is 1.31. The van der Waals surface area contributed by atoms with Crippen LogP contribution < -0.4 is 5.32 Å². The van der Waals surface area contributed by atoms with Crippen LogP contribution in [0.25, 0.3) is 0 Å². The number of carbonyl (C=O) groups excluding carboxylic acids is 1. The SMILES string of the molecule is Cc1ccc(S(=O)(=O)N2CCN([C@@H](C)C(=O)Nc3sccc3C#N)CC2)cc1. The molecule has 2 aromatic rings. The van der Waals surface area contributed by atoms with Gasteiger partial charge >= 0.3 is 0 Å². The molecule has 0 saturated carbocycles. The monoisotopic (exact) mass is 418 g/mol. The van der Waals surface area contributed by atoms with Gasteiger partial charge < -0.3 is 5.32 Å². The summed E-state index contributed by atoms with van der Waals surface area (Å²) in [4.78, 5) is 14.8. The number of sulfonamides is 1. The lowest BCUT2D eigenvalue weighted by atomic mass is 10.2. The molecule has 0 aliphatic carbocycles. The summed E-state index contributed by atoms with van der Waals surface area (Å²) in [5, 5.41) is 14.1. The number of piperazine rings is 1. The van der Waals surface area contributed by atoms with Gasteiger partial charge in [-0.3, -0.25) is 9.69 Å². The van der Waals surface area contributed by atoms with E-state index in [1.807, 2.05) is 17.9 Å². The number of thiophene rings is 1. The summed E-state index contributed by atoms with van der Waals surface area (Å²) in [6, 6.07) is 10.1. The van der Waals surface area contributed by atoms with Crippen LogP contribution in [0.15, 0.2) is 40.6 Å². The molecule has 0 radical (unpaired) electrons. The molecule has 3 rings (SSSR count). The summed E-state index contributed by atoms with van der Waals surface area (Å²) in [5.74, 6) is -0.200. The Balaban J connectivity index is 1.60. The van der Waals surface area contributed by atoms with Gasteiger partial charge in [0.1, 0.15) is 11.1 Å². The van der Waals surface area contributed by atoms with Crippen LogP contribution >= 0.6 is 11.3 Å². The number of nitrogens with one attached hydrogen (secondary N) is 1. The van der Waals surface area contributed by atoms with Crippen molar-refractivity contribution in [3.8, 4) is 6.07 Å². The van der Waals surface area contributed by atoms with Crippen LogP contribution in [0.3, 0.4) is 0 Å². The topological polar surface area (TPSA) is 93.5 Å². The number of anilines is 1. The number of benzene rings is 1. The minimum absolute atomic E-state index is 0.200. The van der Waals surface area contributed by atoms with Gasteiger partial charge in [0.2, 0.25) is 15.9 Å². The van der Waals surface area contributed by atoms with E-state index in [-0.39, 0.29) is 5.91 Å². The molecule has 1 N–H and O–H groups in total. The van der Waals surface area contributed by atoms with Crippen molar-refractivity contribution < 1.29 is 13.2 Å². The van der Waals surface area contributed by atoms with Crippen molar-refractivity contribution in [2.45, 2.75) is 24.8 Å². The smallest absolute Gasteiger partial charge is 0.243 e. The van der Waals surface area contributed by atoms with E-state index >= 15 is 0 Å². The number of aryl methyl sites for hydroxylation is 1. The lowest BCUT2D eigenvalue weighted by molar-refractivity contribution is -0.121. The summed E-state index contributed by atoms with van der Waals surface area (Å²) in [6.07, 6.45) is 0. The molecule has 1 atom stereocenters. The summed E-state index contributed by atoms with van der Waals surface area (Å²) in [6.45, 7) is 5.30. The van der Waals surface area contributed by atoms with Crippen LogP contribution in [0.5, 0.6) is 0 Å². The number of hydrogen-bond acceptors (Lipinski definition) is 6. The normalized spacial score (nSPS) is 17.0. The second kappa shape index (κ2) is 8.41. The summed E-state index contributed by atoms with van der Waals surface area (Å²) in [7, 11) is -3.53. The molecule has 1 aliphatic heterocycles. The Bertz CT molecular complexity index is 985. The van der Waals surface area contributed by atoms with Gasteiger partial charge in [-0.15, -0.1) is 11.3 Å². The van der Waals surface area contributed by atoms with E-state index in [1.165, 1.54) is 15.6 Å². The zero-order valence-electron chi connectivity index (χ0n) is 15.8.